The largest absolute Gasteiger partial charge is 0.386 e. The minimum atomic E-state index is -0.620. The number of guanidine groups is 1. The molecule has 0 amide bonds. The molecule has 0 spiro atoms. The van der Waals surface area contributed by atoms with Gasteiger partial charge in [0.05, 0.1) is 12.6 Å². The number of nitrogens with one attached hydrogen (secondary N) is 2. The molecule has 0 aliphatic rings. The van der Waals surface area contributed by atoms with Crippen molar-refractivity contribution in [3.05, 3.63) is 65.5 Å². The molecular weight excluding hydrogens is 336 g/mol. The molecule has 0 radical (unpaired) electrons. The van der Waals surface area contributed by atoms with Crippen molar-refractivity contribution < 1.29 is 5.11 Å². The predicted octanol–water partition coefficient (Wildman–Crippen LogP) is 3.21. The zero-order valence-corrected chi connectivity index (χ0v) is 16.9. The van der Waals surface area contributed by atoms with E-state index in [0.29, 0.717) is 12.5 Å². The maximum absolute atomic E-state index is 10.5. The smallest absolute Gasteiger partial charge is 0.191 e. The fraction of sp³-hybridized carbons (Fsp3) is 0.455. The normalized spacial score (nSPS) is 13.3. The number of pyridine rings is 1. The molecule has 0 aliphatic heterocycles. The monoisotopic (exact) mass is 368 g/mol. The van der Waals surface area contributed by atoms with Crippen molar-refractivity contribution in [2.24, 2.45) is 4.99 Å². The Hall–Kier alpha value is -2.40. The maximum atomic E-state index is 10.5. The summed E-state index contributed by atoms with van der Waals surface area (Å²) in [4.78, 5) is 8.84. The highest BCUT2D eigenvalue weighted by atomic mass is 16.3. The van der Waals surface area contributed by atoms with E-state index in [4.69, 9.17) is 0 Å². The van der Waals surface area contributed by atoms with Crippen molar-refractivity contribution in [1.82, 2.24) is 15.6 Å². The number of benzene rings is 1. The number of rotatable bonds is 7. The second-order valence-corrected chi connectivity index (χ2v) is 7.61. The molecule has 1 heterocycles. The van der Waals surface area contributed by atoms with Gasteiger partial charge in [0.2, 0.25) is 0 Å². The lowest BCUT2D eigenvalue weighted by Gasteiger charge is -2.20. The Balaban J connectivity index is 1.90. The molecule has 146 valence electrons. The summed E-state index contributed by atoms with van der Waals surface area (Å²) in [7, 11) is 0. The van der Waals surface area contributed by atoms with Gasteiger partial charge < -0.3 is 15.7 Å². The summed E-state index contributed by atoms with van der Waals surface area (Å²) in [6.07, 6.45) is 2.00. The molecule has 1 aromatic heterocycles. The zero-order valence-electron chi connectivity index (χ0n) is 16.9. The number of aliphatic hydroxyl groups excluding tert-OH is 1. The molecule has 0 saturated carbocycles. The maximum Gasteiger partial charge on any atom is 0.191 e. The van der Waals surface area contributed by atoms with Gasteiger partial charge >= 0.3 is 0 Å². The summed E-state index contributed by atoms with van der Waals surface area (Å²) >= 11 is 0. The van der Waals surface area contributed by atoms with E-state index in [9.17, 15) is 5.11 Å². The lowest BCUT2D eigenvalue weighted by molar-refractivity contribution is 0.187. The van der Waals surface area contributed by atoms with Crippen molar-refractivity contribution >= 4 is 5.96 Å². The highest BCUT2D eigenvalue weighted by molar-refractivity contribution is 5.79. The first-order valence-corrected chi connectivity index (χ1v) is 9.60. The summed E-state index contributed by atoms with van der Waals surface area (Å²) in [6, 6.07) is 14.1. The molecule has 1 atom stereocenters. The molecule has 1 unspecified atom stereocenters. The molecule has 0 bridgehead atoms. The van der Waals surface area contributed by atoms with E-state index >= 15 is 0 Å². The van der Waals surface area contributed by atoms with Gasteiger partial charge in [0, 0.05) is 31.4 Å². The van der Waals surface area contributed by atoms with E-state index in [1.807, 2.05) is 37.3 Å². The van der Waals surface area contributed by atoms with Gasteiger partial charge in [-0.1, -0.05) is 51.1 Å². The van der Waals surface area contributed by atoms with Crippen LogP contribution in [-0.2, 0) is 11.8 Å². The predicted molar refractivity (Wildman–Crippen MR) is 112 cm³/mol. The molecule has 1 aromatic carbocycles. The van der Waals surface area contributed by atoms with Gasteiger partial charge in [-0.15, -0.1) is 0 Å². The SMILES string of the molecule is CCNC(=NCC(O)c1ccc(C(C)(C)C)cc1)NCCc1ccccn1. The van der Waals surface area contributed by atoms with Gasteiger partial charge in [0.1, 0.15) is 0 Å². The Labute approximate surface area is 163 Å². The second-order valence-electron chi connectivity index (χ2n) is 7.61. The first kappa shape index (κ1) is 20.9. The third-order valence-corrected chi connectivity index (χ3v) is 4.33. The van der Waals surface area contributed by atoms with Gasteiger partial charge in [-0.05, 0) is 35.6 Å². The lowest BCUT2D eigenvalue weighted by Crippen LogP contribution is -2.38. The van der Waals surface area contributed by atoms with Gasteiger partial charge in [0.25, 0.3) is 0 Å². The number of aliphatic hydroxyl groups is 1. The van der Waals surface area contributed by atoms with Crippen LogP contribution in [0.2, 0.25) is 0 Å². The molecule has 5 nitrogen and oxygen atoms in total. The van der Waals surface area contributed by atoms with E-state index in [2.05, 4.69) is 53.5 Å². The molecule has 0 aliphatic carbocycles. The summed E-state index contributed by atoms with van der Waals surface area (Å²) in [5, 5.41) is 17.0. The zero-order chi connectivity index (χ0) is 19.7. The van der Waals surface area contributed by atoms with Crippen LogP contribution in [0.25, 0.3) is 0 Å². The third kappa shape index (κ3) is 7.02. The van der Waals surface area contributed by atoms with Crippen LogP contribution >= 0.6 is 0 Å². The van der Waals surface area contributed by atoms with Crippen LogP contribution in [0, 0.1) is 0 Å². The molecule has 27 heavy (non-hydrogen) atoms. The van der Waals surface area contributed by atoms with Gasteiger partial charge in [-0.3, -0.25) is 9.98 Å². The van der Waals surface area contributed by atoms with Crippen LogP contribution in [0.3, 0.4) is 0 Å². The van der Waals surface area contributed by atoms with Crippen LogP contribution in [-0.4, -0.2) is 35.7 Å². The van der Waals surface area contributed by atoms with E-state index in [1.54, 1.807) is 6.20 Å². The number of nitrogens with zero attached hydrogens (tertiary/aromatic N) is 2. The minimum absolute atomic E-state index is 0.109. The highest BCUT2D eigenvalue weighted by Gasteiger charge is 2.14. The standard InChI is InChI=1S/C22H32N4O/c1-5-23-21(25-15-13-19-8-6-7-14-24-19)26-16-20(27)17-9-11-18(12-10-17)22(2,3)4/h6-12,14,20,27H,5,13,15-16H2,1-4H3,(H2,23,25,26). The van der Waals surface area contributed by atoms with E-state index in [-0.39, 0.29) is 5.41 Å². The van der Waals surface area contributed by atoms with Crippen LogP contribution in [0.15, 0.2) is 53.7 Å². The fourth-order valence-corrected chi connectivity index (χ4v) is 2.69. The minimum Gasteiger partial charge on any atom is -0.386 e. The van der Waals surface area contributed by atoms with Crippen molar-refractivity contribution in [3.63, 3.8) is 0 Å². The third-order valence-electron chi connectivity index (χ3n) is 4.33. The van der Waals surface area contributed by atoms with Crippen molar-refractivity contribution in [3.8, 4) is 0 Å². The fourth-order valence-electron chi connectivity index (χ4n) is 2.69. The Morgan fingerprint density at radius 1 is 1.11 bits per heavy atom. The molecule has 3 N–H and O–H groups in total. The van der Waals surface area contributed by atoms with Crippen molar-refractivity contribution in [2.45, 2.75) is 45.6 Å². The van der Waals surface area contributed by atoms with Crippen LogP contribution < -0.4 is 10.6 Å². The molecule has 0 saturated heterocycles. The lowest BCUT2D eigenvalue weighted by atomic mass is 9.86. The average molecular weight is 369 g/mol. The van der Waals surface area contributed by atoms with E-state index < -0.39 is 6.10 Å². The Bertz CT molecular complexity index is 705. The van der Waals surface area contributed by atoms with Crippen LogP contribution in [0.1, 0.15) is 50.6 Å². The number of hydrogen-bond donors (Lipinski definition) is 3. The van der Waals surface area contributed by atoms with E-state index in [1.165, 1.54) is 5.56 Å². The molecular formula is C22H32N4O. The number of aromatic nitrogens is 1. The Morgan fingerprint density at radius 3 is 2.44 bits per heavy atom. The molecule has 2 aromatic rings. The molecule has 5 heteroatoms. The topological polar surface area (TPSA) is 69.5 Å². The van der Waals surface area contributed by atoms with Crippen molar-refractivity contribution in [1.29, 1.82) is 0 Å². The van der Waals surface area contributed by atoms with Crippen molar-refractivity contribution in [2.75, 3.05) is 19.6 Å². The number of hydrogen-bond acceptors (Lipinski definition) is 3. The van der Waals surface area contributed by atoms with Gasteiger partial charge in [-0.25, -0.2) is 0 Å². The Morgan fingerprint density at radius 2 is 1.85 bits per heavy atom. The summed E-state index contributed by atoms with van der Waals surface area (Å²) in [5.41, 5.74) is 3.29. The quantitative estimate of drug-likeness (QED) is 0.518. The average Bonchev–Trinajstić information content (AvgIpc) is 2.66. The van der Waals surface area contributed by atoms with Gasteiger partial charge in [-0.2, -0.15) is 0 Å². The summed E-state index contributed by atoms with van der Waals surface area (Å²) < 4.78 is 0. The van der Waals surface area contributed by atoms with Gasteiger partial charge in [0.15, 0.2) is 5.96 Å². The highest BCUT2D eigenvalue weighted by Crippen LogP contribution is 2.24. The molecule has 2 rings (SSSR count). The summed E-state index contributed by atoms with van der Waals surface area (Å²) in [5.74, 6) is 0.707. The molecule has 0 fully saturated rings. The number of aliphatic imine (C=N–C) groups is 1. The van der Waals surface area contributed by atoms with E-state index in [0.717, 1.165) is 30.8 Å². The first-order chi connectivity index (χ1) is 12.9. The first-order valence-electron chi connectivity index (χ1n) is 9.60. The summed E-state index contributed by atoms with van der Waals surface area (Å²) in [6.45, 7) is 10.4. The second kappa shape index (κ2) is 10.1. The Kier molecular flexibility index (Phi) is 7.80. The van der Waals surface area contributed by atoms with Crippen LogP contribution in [0.5, 0.6) is 0 Å². The van der Waals surface area contributed by atoms with Crippen LogP contribution in [0.4, 0.5) is 0 Å².